The van der Waals surface area contributed by atoms with Gasteiger partial charge >= 0.3 is 0 Å². The van der Waals surface area contributed by atoms with Crippen molar-refractivity contribution in [3.63, 3.8) is 0 Å². The molecule has 0 atom stereocenters. The lowest BCUT2D eigenvalue weighted by molar-refractivity contribution is 0.214. The summed E-state index contributed by atoms with van der Waals surface area (Å²) in [4.78, 5) is 2.36. The van der Waals surface area contributed by atoms with Crippen LogP contribution in [0.25, 0.3) is 0 Å². The quantitative estimate of drug-likeness (QED) is 0.628. The smallest absolute Gasteiger partial charge is 0.119 e. The Morgan fingerprint density at radius 2 is 1.89 bits per heavy atom. The summed E-state index contributed by atoms with van der Waals surface area (Å²) in [6.45, 7) is 5.89. The van der Waals surface area contributed by atoms with Crippen molar-refractivity contribution >= 4 is 27.5 Å². The fourth-order valence-electron chi connectivity index (χ4n) is 1.66. The van der Waals surface area contributed by atoms with E-state index in [4.69, 9.17) is 16.3 Å². The molecule has 0 saturated heterocycles. The van der Waals surface area contributed by atoms with Crippen molar-refractivity contribution < 1.29 is 4.74 Å². The van der Waals surface area contributed by atoms with E-state index in [1.165, 1.54) is 12.8 Å². The van der Waals surface area contributed by atoms with Gasteiger partial charge in [0.25, 0.3) is 0 Å². The third-order valence-corrected chi connectivity index (χ3v) is 3.42. The van der Waals surface area contributed by atoms with E-state index in [1.807, 2.05) is 24.3 Å². The Morgan fingerprint density at radius 3 is 2.50 bits per heavy atom. The summed E-state index contributed by atoms with van der Waals surface area (Å²) in [5.41, 5.74) is 0. The van der Waals surface area contributed by atoms with Gasteiger partial charge in [-0.15, -0.1) is 11.6 Å². The van der Waals surface area contributed by atoms with E-state index in [0.29, 0.717) is 12.5 Å². The number of halogens is 2. The predicted octanol–water partition coefficient (Wildman–Crippen LogP) is 4.17. The minimum atomic E-state index is 0.683. The molecule has 2 nitrogen and oxygen atoms in total. The van der Waals surface area contributed by atoms with Crippen molar-refractivity contribution in [2.45, 2.75) is 19.8 Å². The first kappa shape index (κ1) is 15.8. The van der Waals surface area contributed by atoms with E-state index in [1.54, 1.807) is 0 Å². The van der Waals surface area contributed by atoms with Crippen LogP contribution >= 0.6 is 27.5 Å². The molecular weight excluding hydrogens is 314 g/mol. The lowest BCUT2D eigenvalue weighted by Crippen LogP contribution is -2.31. The van der Waals surface area contributed by atoms with Crippen LogP contribution in [-0.4, -0.2) is 37.0 Å². The van der Waals surface area contributed by atoms with E-state index < -0.39 is 0 Å². The highest BCUT2D eigenvalue weighted by molar-refractivity contribution is 9.10. The Balaban J connectivity index is 2.26. The van der Waals surface area contributed by atoms with E-state index in [0.717, 1.165) is 29.9 Å². The minimum Gasteiger partial charge on any atom is -0.492 e. The van der Waals surface area contributed by atoms with Crippen LogP contribution in [0.1, 0.15) is 19.8 Å². The first-order chi connectivity index (χ1) is 8.76. The SMILES string of the molecule is CCCCN(CCCl)CCOc1ccc(Br)cc1. The summed E-state index contributed by atoms with van der Waals surface area (Å²) in [5, 5.41) is 0. The zero-order chi connectivity index (χ0) is 13.2. The third kappa shape index (κ3) is 6.62. The maximum absolute atomic E-state index is 5.80. The van der Waals surface area contributed by atoms with E-state index >= 15 is 0 Å². The van der Waals surface area contributed by atoms with Crippen molar-refractivity contribution in [2.24, 2.45) is 0 Å². The first-order valence-electron chi connectivity index (χ1n) is 6.43. The zero-order valence-electron chi connectivity index (χ0n) is 10.9. The topological polar surface area (TPSA) is 12.5 Å². The Kier molecular flexibility index (Phi) is 8.47. The Morgan fingerprint density at radius 1 is 1.17 bits per heavy atom. The molecule has 0 spiro atoms. The molecule has 0 heterocycles. The Hall–Kier alpha value is -0.250. The molecule has 0 aromatic heterocycles. The van der Waals surface area contributed by atoms with Gasteiger partial charge in [-0.25, -0.2) is 0 Å². The van der Waals surface area contributed by atoms with Gasteiger partial charge in [-0.05, 0) is 37.2 Å². The van der Waals surface area contributed by atoms with E-state index in [2.05, 4.69) is 27.8 Å². The number of hydrogen-bond acceptors (Lipinski definition) is 2. The molecule has 0 bridgehead atoms. The van der Waals surface area contributed by atoms with Crippen molar-refractivity contribution in [3.8, 4) is 5.75 Å². The van der Waals surface area contributed by atoms with Gasteiger partial charge in [0.05, 0.1) is 0 Å². The molecule has 0 N–H and O–H groups in total. The second-order valence-corrected chi connectivity index (χ2v) is 5.48. The second kappa shape index (κ2) is 9.65. The number of benzene rings is 1. The third-order valence-electron chi connectivity index (χ3n) is 2.72. The normalized spacial score (nSPS) is 10.9. The fourth-order valence-corrected chi connectivity index (χ4v) is 2.16. The standard InChI is InChI=1S/C14H21BrClNO/c1-2-3-9-17(10-8-16)11-12-18-14-6-4-13(15)5-7-14/h4-7H,2-3,8-12H2,1H3. The van der Waals surface area contributed by atoms with Crippen LogP contribution < -0.4 is 4.74 Å². The molecule has 0 fully saturated rings. The molecule has 0 unspecified atom stereocenters. The van der Waals surface area contributed by atoms with Crippen LogP contribution in [0.2, 0.25) is 0 Å². The maximum atomic E-state index is 5.80. The first-order valence-corrected chi connectivity index (χ1v) is 7.75. The number of unbranched alkanes of at least 4 members (excludes halogenated alkanes) is 1. The lowest BCUT2D eigenvalue weighted by Gasteiger charge is -2.20. The van der Waals surface area contributed by atoms with Crippen LogP contribution in [0.15, 0.2) is 28.7 Å². The van der Waals surface area contributed by atoms with Gasteiger partial charge < -0.3 is 4.74 Å². The van der Waals surface area contributed by atoms with E-state index in [9.17, 15) is 0 Å². The molecule has 0 saturated carbocycles. The number of rotatable bonds is 9. The fraction of sp³-hybridized carbons (Fsp3) is 0.571. The highest BCUT2D eigenvalue weighted by Gasteiger charge is 2.03. The number of nitrogens with zero attached hydrogens (tertiary/aromatic N) is 1. The van der Waals surface area contributed by atoms with Gasteiger partial charge in [0.1, 0.15) is 12.4 Å². The molecule has 1 rings (SSSR count). The summed E-state index contributed by atoms with van der Waals surface area (Å²) < 4.78 is 6.78. The summed E-state index contributed by atoms with van der Waals surface area (Å²) >= 11 is 9.21. The molecule has 1 aromatic carbocycles. The van der Waals surface area contributed by atoms with Crippen molar-refractivity contribution in [2.75, 3.05) is 32.1 Å². The van der Waals surface area contributed by atoms with Crippen LogP contribution in [0.4, 0.5) is 0 Å². The molecule has 102 valence electrons. The minimum absolute atomic E-state index is 0.683. The van der Waals surface area contributed by atoms with Crippen LogP contribution in [-0.2, 0) is 0 Å². The Labute approximate surface area is 123 Å². The van der Waals surface area contributed by atoms with E-state index in [-0.39, 0.29) is 0 Å². The van der Waals surface area contributed by atoms with Gasteiger partial charge in [0, 0.05) is 23.4 Å². The van der Waals surface area contributed by atoms with Gasteiger partial charge in [0.2, 0.25) is 0 Å². The largest absolute Gasteiger partial charge is 0.492 e. The number of ether oxygens (including phenoxy) is 1. The molecule has 0 aliphatic carbocycles. The van der Waals surface area contributed by atoms with Crippen LogP contribution in [0, 0.1) is 0 Å². The molecule has 0 aliphatic rings. The molecule has 0 radical (unpaired) electrons. The average molecular weight is 335 g/mol. The lowest BCUT2D eigenvalue weighted by atomic mass is 10.3. The van der Waals surface area contributed by atoms with Crippen LogP contribution in [0.3, 0.4) is 0 Å². The summed E-state index contributed by atoms with van der Waals surface area (Å²) in [5.74, 6) is 1.60. The van der Waals surface area contributed by atoms with Crippen molar-refractivity contribution in [1.29, 1.82) is 0 Å². The summed E-state index contributed by atoms with van der Waals surface area (Å²) in [6.07, 6.45) is 2.43. The molecule has 1 aromatic rings. The van der Waals surface area contributed by atoms with Gasteiger partial charge in [-0.2, -0.15) is 0 Å². The molecule has 0 aliphatic heterocycles. The predicted molar refractivity (Wildman–Crippen MR) is 81.7 cm³/mol. The molecule has 0 amide bonds. The maximum Gasteiger partial charge on any atom is 0.119 e. The average Bonchev–Trinajstić information content (AvgIpc) is 2.38. The van der Waals surface area contributed by atoms with Crippen molar-refractivity contribution in [1.82, 2.24) is 4.90 Å². The summed E-state index contributed by atoms with van der Waals surface area (Å²) in [7, 11) is 0. The second-order valence-electron chi connectivity index (χ2n) is 4.19. The number of alkyl halides is 1. The zero-order valence-corrected chi connectivity index (χ0v) is 13.2. The Bertz CT molecular complexity index is 318. The molecular formula is C14H21BrClNO. The molecule has 4 heteroatoms. The number of hydrogen-bond donors (Lipinski definition) is 0. The summed E-state index contributed by atoms with van der Waals surface area (Å²) in [6, 6.07) is 7.93. The van der Waals surface area contributed by atoms with Crippen LogP contribution in [0.5, 0.6) is 5.75 Å². The highest BCUT2D eigenvalue weighted by Crippen LogP contribution is 2.15. The monoisotopic (exact) mass is 333 g/mol. The molecule has 18 heavy (non-hydrogen) atoms. The van der Waals surface area contributed by atoms with Gasteiger partial charge in [0.15, 0.2) is 0 Å². The highest BCUT2D eigenvalue weighted by atomic mass is 79.9. The van der Waals surface area contributed by atoms with Gasteiger partial charge in [-0.1, -0.05) is 29.3 Å². The van der Waals surface area contributed by atoms with Crippen molar-refractivity contribution in [3.05, 3.63) is 28.7 Å². The van der Waals surface area contributed by atoms with Gasteiger partial charge in [-0.3, -0.25) is 4.90 Å².